The van der Waals surface area contributed by atoms with Gasteiger partial charge in [-0.05, 0) is 18.6 Å². The Labute approximate surface area is 121 Å². The zero-order valence-corrected chi connectivity index (χ0v) is 11.6. The average Bonchev–Trinajstić information content (AvgIpc) is 2.91. The number of halogens is 1. The number of aromatic nitrogens is 2. The summed E-state index contributed by atoms with van der Waals surface area (Å²) in [5, 5.41) is 9.84. The lowest BCUT2D eigenvalue weighted by Gasteiger charge is -2.19. The summed E-state index contributed by atoms with van der Waals surface area (Å²) in [6, 6.07) is 10.4. The summed E-state index contributed by atoms with van der Waals surface area (Å²) in [6.07, 6.45) is 2.60. The number of hydrogen-bond acceptors (Lipinski definition) is 4. The van der Waals surface area contributed by atoms with Crippen LogP contribution in [0.5, 0.6) is 0 Å². The molecule has 0 amide bonds. The number of nitrogens with zero attached hydrogens (tertiary/aromatic N) is 2. The lowest BCUT2D eigenvalue weighted by Crippen LogP contribution is -2.27. The summed E-state index contributed by atoms with van der Waals surface area (Å²) in [5.41, 5.74) is 1.46. The Morgan fingerprint density at radius 3 is 2.95 bits per heavy atom. The highest BCUT2D eigenvalue weighted by Gasteiger charge is 2.24. The zero-order chi connectivity index (χ0) is 13.9. The van der Waals surface area contributed by atoms with Crippen molar-refractivity contribution >= 4 is 23.0 Å². The fourth-order valence-electron chi connectivity index (χ4n) is 2.46. The molecule has 5 nitrogen and oxygen atoms in total. The van der Waals surface area contributed by atoms with Crippen molar-refractivity contribution in [3.8, 4) is 0 Å². The first-order valence-electron chi connectivity index (χ1n) is 6.54. The highest BCUT2D eigenvalue weighted by Crippen LogP contribution is 2.25. The van der Waals surface area contributed by atoms with Crippen molar-refractivity contribution < 1.29 is 0 Å². The number of rotatable bonds is 3. The molecule has 2 aromatic rings. The monoisotopic (exact) mass is 290 g/mol. The molecule has 2 heterocycles. The van der Waals surface area contributed by atoms with Gasteiger partial charge >= 0.3 is 0 Å². The smallest absolute Gasteiger partial charge is 0.285 e. The minimum atomic E-state index is -0.344. The number of nitrogens with one attached hydrogen (secondary N) is 2. The first-order valence-corrected chi connectivity index (χ1v) is 6.91. The van der Waals surface area contributed by atoms with Crippen molar-refractivity contribution in [2.75, 3.05) is 23.3 Å². The lowest BCUT2D eigenvalue weighted by molar-refractivity contribution is 0.806. The van der Waals surface area contributed by atoms with Gasteiger partial charge in [-0.25, -0.2) is 5.10 Å². The van der Waals surface area contributed by atoms with Gasteiger partial charge in [0.25, 0.3) is 5.56 Å². The van der Waals surface area contributed by atoms with E-state index >= 15 is 0 Å². The third-order valence-electron chi connectivity index (χ3n) is 3.45. The second-order valence-corrected chi connectivity index (χ2v) is 5.22. The number of benzene rings is 1. The van der Waals surface area contributed by atoms with Crippen molar-refractivity contribution in [3.05, 3.63) is 51.9 Å². The first kappa shape index (κ1) is 13.0. The molecule has 1 atom stereocenters. The van der Waals surface area contributed by atoms with Crippen molar-refractivity contribution in [2.24, 2.45) is 0 Å². The molecule has 0 saturated carbocycles. The van der Waals surface area contributed by atoms with E-state index in [0.717, 1.165) is 25.2 Å². The SMILES string of the molecule is O=c1[nH]ncc(N2CCC(Nc3ccccc3)C2)c1Cl. The maximum Gasteiger partial charge on any atom is 0.285 e. The molecule has 3 rings (SSSR count). The summed E-state index contributed by atoms with van der Waals surface area (Å²) >= 11 is 6.04. The van der Waals surface area contributed by atoms with Gasteiger partial charge in [0.15, 0.2) is 0 Å². The molecule has 1 fully saturated rings. The van der Waals surface area contributed by atoms with Gasteiger partial charge in [0.1, 0.15) is 5.02 Å². The van der Waals surface area contributed by atoms with E-state index in [9.17, 15) is 4.79 Å². The van der Waals surface area contributed by atoms with Crippen molar-refractivity contribution in [1.82, 2.24) is 10.2 Å². The predicted octanol–water partition coefficient (Wildman–Crippen LogP) is 2.11. The molecular weight excluding hydrogens is 276 g/mol. The molecule has 0 bridgehead atoms. The summed E-state index contributed by atoms with van der Waals surface area (Å²) in [6.45, 7) is 1.66. The first-order chi connectivity index (χ1) is 9.74. The van der Waals surface area contributed by atoms with Crippen molar-refractivity contribution in [1.29, 1.82) is 0 Å². The van der Waals surface area contributed by atoms with E-state index < -0.39 is 0 Å². The van der Waals surface area contributed by atoms with Gasteiger partial charge in [-0.15, -0.1) is 0 Å². The molecule has 1 aliphatic heterocycles. The van der Waals surface area contributed by atoms with Crippen LogP contribution in [0.3, 0.4) is 0 Å². The van der Waals surface area contributed by atoms with Crippen LogP contribution in [0.2, 0.25) is 5.02 Å². The van der Waals surface area contributed by atoms with E-state index in [2.05, 4.69) is 20.4 Å². The summed E-state index contributed by atoms with van der Waals surface area (Å²) < 4.78 is 0. The predicted molar refractivity (Wildman–Crippen MR) is 80.6 cm³/mol. The van der Waals surface area contributed by atoms with Crippen LogP contribution < -0.4 is 15.8 Å². The molecule has 0 aliphatic carbocycles. The summed E-state index contributed by atoms with van der Waals surface area (Å²) in [4.78, 5) is 13.6. The van der Waals surface area contributed by atoms with E-state index in [1.165, 1.54) is 0 Å². The van der Waals surface area contributed by atoms with E-state index in [-0.39, 0.29) is 10.6 Å². The van der Waals surface area contributed by atoms with E-state index in [4.69, 9.17) is 11.6 Å². The Balaban J connectivity index is 1.71. The molecule has 1 aliphatic rings. The second kappa shape index (κ2) is 5.54. The Hall–Kier alpha value is -2.01. The number of hydrogen-bond donors (Lipinski definition) is 2. The van der Waals surface area contributed by atoms with Crippen molar-refractivity contribution in [2.45, 2.75) is 12.5 Å². The maximum atomic E-state index is 11.5. The molecule has 1 unspecified atom stereocenters. The highest BCUT2D eigenvalue weighted by molar-refractivity contribution is 6.33. The fourth-order valence-corrected chi connectivity index (χ4v) is 2.67. The zero-order valence-electron chi connectivity index (χ0n) is 10.8. The van der Waals surface area contributed by atoms with Gasteiger partial charge < -0.3 is 10.2 Å². The molecule has 6 heteroatoms. The van der Waals surface area contributed by atoms with Gasteiger partial charge in [0.05, 0.1) is 11.9 Å². The van der Waals surface area contributed by atoms with Crippen molar-refractivity contribution in [3.63, 3.8) is 0 Å². The number of H-pyrrole nitrogens is 1. The van der Waals surface area contributed by atoms with Crippen LogP contribution in [0.1, 0.15) is 6.42 Å². The Morgan fingerprint density at radius 1 is 1.35 bits per heavy atom. The number of aromatic amines is 1. The van der Waals surface area contributed by atoms with Gasteiger partial charge in [-0.1, -0.05) is 29.8 Å². The molecule has 104 valence electrons. The van der Waals surface area contributed by atoms with Crippen LogP contribution in [0.4, 0.5) is 11.4 Å². The van der Waals surface area contributed by atoms with Crippen LogP contribution in [-0.4, -0.2) is 29.3 Å². The molecule has 1 aromatic heterocycles. The highest BCUT2D eigenvalue weighted by atomic mass is 35.5. The Bertz CT molecular complexity index is 643. The average molecular weight is 291 g/mol. The van der Waals surface area contributed by atoms with Crippen LogP contribution >= 0.6 is 11.6 Å². The molecular formula is C14H15ClN4O. The fraction of sp³-hybridized carbons (Fsp3) is 0.286. The second-order valence-electron chi connectivity index (χ2n) is 4.84. The maximum absolute atomic E-state index is 11.5. The molecule has 20 heavy (non-hydrogen) atoms. The minimum Gasteiger partial charge on any atom is -0.380 e. The van der Waals surface area contributed by atoms with Gasteiger partial charge in [0.2, 0.25) is 0 Å². The standard InChI is InChI=1S/C14H15ClN4O/c15-13-12(8-16-18-14(13)20)19-7-6-11(9-19)17-10-4-2-1-3-5-10/h1-5,8,11,17H,6-7,9H2,(H,18,20). The number of anilines is 2. The van der Waals surface area contributed by atoms with Gasteiger partial charge in [-0.3, -0.25) is 4.79 Å². The third-order valence-corrected chi connectivity index (χ3v) is 3.82. The Morgan fingerprint density at radius 2 is 2.15 bits per heavy atom. The largest absolute Gasteiger partial charge is 0.380 e. The summed E-state index contributed by atoms with van der Waals surface area (Å²) in [7, 11) is 0. The van der Waals surface area contributed by atoms with Crippen LogP contribution in [-0.2, 0) is 0 Å². The van der Waals surface area contributed by atoms with Crippen LogP contribution in [0, 0.1) is 0 Å². The molecule has 1 saturated heterocycles. The topological polar surface area (TPSA) is 61.0 Å². The van der Waals surface area contributed by atoms with Gasteiger partial charge in [-0.2, -0.15) is 5.10 Å². The van der Waals surface area contributed by atoms with E-state index in [1.54, 1.807) is 6.20 Å². The minimum absolute atomic E-state index is 0.209. The third kappa shape index (κ3) is 2.63. The molecule has 1 aromatic carbocycles. The van der Waals surface area contributed by atoms with E-state index in [0.29, 0.717) is 11.7 Å². The Kier molecular flexibility index (Phi) is 3.60. The number of para-hydroxylation sites is 1. The summed E-state index contributed by atoms with van der Waals surface area (Å²) in [5.74, 6) is 0. The molecule has 0 radical (unpaired) electrons. The van der Waals surface area contributed by atoms with Crippen LogP contribution in [0.25, 0.3) is 0 Å². The van der Waals surface area contributed by atoms with E-state index in [1.807, 2.05) is 30.3 Å². The van der Waals surface area contributed by atoms with Gasteiger partial charge in [0, 0.05) is 24.8 Å². The normalized spacial score (nSPS) is 18.2. The van der Waals surface area contributed by atoms with Crippen LogP contribution in [0.15, 0.2) is 41.3 Å². The molecule has 2 N–H and O–H groups in total. The molecule has 0 spiro atoms. The quantitative estimate of drug-likeness (QED) is 0.909. The lowest BCUT2D eigenvalue weighted by atomic mass is 10.2.